The van der Waals surface area contributed by atoms with E-state index in [4.69, 9.17) is 9.78 Å². The molecule has 0 atom stereocenters. The monoisotopic (exact) mass is 240 g/mol. The van der Waals surface area contributed by atoms with E-state index in [0.29, 0.717) is 23.1 Å². The van der Waals surface area contributed by atoms with Crippen LogP contribution in [0.5, 0.6) is 0 Å². The zero-order chi connectivity index (χ0) is 12.5. The second kappa shape index (κ2) is 3.85. The minimum atomic E-state index is 0.343. The number of hydrogen-bond donors (Lipinski definition) is 1. The van der Waals surface area contributed by atoms with E-state index >= 15 is 0 Å². The Balaban J connectivity index is 1.96. The Morgan fingerprint density at radius 3 is 3.00 bits per heavy atom. The average molecular weight is 240 g/mol. The van der Waals surface area contributed by atoms with Gasteiger partial charge in [0.1, 0.15) is 17.5 Å². The fourth-order valence-corrected chi connectivity index (χ4v) is 1.57. The van der Waals surface area contributed by atoms with Crippen LogP contribution >= 0.6 is 0 Å². The van der Waals surface area contributed by atoms with Crippen molar-refractivity contribution >= 4 is 0 Å². The van der Waals surface area contributed by atoms with Gasteiger partial charge in [-0.1, -0.05) is 5.16 Å². The second-order valence-corrected chi connectivity index (χ2v) is 3.72. The molecule has 0 fully saturated rings. The summed E-state index contributed by atoms with van der Waals surface area (Å²) in [5, 5.41) is 16.6. The summed E-state index contributed by atoms with van der Waals surface area (Å²) < 4.78 is 6.79. The molecule has 3 aromatic rings. The summed E-state index contributed by atoms with van der Waals surface area (Å²) in [7, 11) is 1.81. The van der Waals surface area contributed by atoms with Crippen molar-refractivity contribution in [3.63, 3.8) is 0 Å². The molecule has 18 heavy (non-hydrogen) atoms. The maximum atomic E-state index is 8.72. The molecule has 7 nitrogen and oxygen atoms in total. The van der Waals surface area contributed by atoms with E-state index in [-0.39, 0.29) is 0 Å². The summed E-state index contributed by atoms with van der Waals surface area (Å²) in [6, 6.07) is 5.38. The van der Waals surface area contributed by atoms with Gasteiger partial charge in [0.05, 0.1) is 11.8 Å². The molecule has 0 aliphatic rings. The van der Waals surface area contributed by atoms with Gasteiger partial charge in [0.2, 0.25) is 5.82 Å². The Bertz CT molecular complexity index is 729. The van der Waals surface area contributed by atoms with Crippen molar-refractivity contribution < 1.29 is 4.52 Å². The molecule has 0 aliphatic carbocycles. The Kier molecular flexibility index (Phi) is 2.20. The molecule has 0 saturated carbocycles. The van der Waals surface area contributed by atoms with Crippen molar-refractivity contribution in [1.82, 2.24) is 24.9 Å². The molecular formula is C11H8N6O. The maximum Gasteiger partial charge on any atom is 0.274 e. The van der Waals surface area contributed by atoms with Gasteiger partial charge in [-0.05, 0) is 12.1 Å². The Morgan fingerprint density at radius 2 is 2.33 bits per heavy atom. The fourth-order valence-electron chi connectivity index (χ4n) is 1.57. The molecule has 0 spiro atoms. The van der Waals surface area contributed by atoms with E-state index in [2.05, 4.69) is 20.2 Å². The maximum absolute atomic E-state index is 8.72. The van der Waals surface area contributed by atoms with E-state index in [0.717, 1.165) is 5.56 Å². The van der Waals surface area contributed by atoms with Crippen LogP contribution in [0.4, 0.5) is 0 Å². The highest BCUT2D eigenvalue weighted by Crippen LogP contribution is 2.20. The molecule has 0 bridgehead atoms. The largest absolute Gasteiger partial charge is 0.342 e. The van der Waals surface area contributed by atoms with E-state index in [9.17, 15) is 0 Å². The lowest BCUT2D eigenvalue weighted by atomic mass is 10.3. The molecular weight excluding hydrogens is 232 g/mol. The first kappa shape index (κ1) is 10.3. The molecule has 0 amide bonds. The van der Waals surface area contributed by atoms with Crippen molar-refractivity contribution in [2.75, 3.05) is 0 Å². The Hall–Kier alpha value is -2.88. The van der Waals surface area contributed by atoms with E-state index in [1.54, 1.807) is 29.2 Å². The predicted molar refractivity (Wildman–Crippen MR) is 61.0 cm³/mol. The van der Waals surface area contributed by atoms with Crippen molar-refractivity contribution in [2.45, 2.75) is 0 Å². The van der Waals surface area contributed by atoms with Crippen LogP contribution in [0, 0.1) is 11.3 Å². The topological polar surface area (TPSA) is 96.3 Å². The van der Waals surface area contributed by atoms with Crippen LogP contribution in [0.25, 0.3) is 23.0 Å². The molecule has 3 aromatic heterocycles. The third-order valence-corrected chi connectivity index (χ3v) is 2.43. The highest BCUT2D eigenvalue weighted by atomic mass is 16.5. The van der Waals surface area contributed by atoms with Crippen molar-refractivity contribution in [1.29, 1.82) is 5.26 Å². The van der Waals surface area contributed by atoms with Gasteiger partial charge in [-0.15, -0.1) is 0 Å². The number of nitrogens with zero attached hydrogens (tertiary/aromatic N) is 5. The Morgan fingerprint density at radius 1 is 1.44 bits per heavy atom. The van der Waals surface area contributed by atoms with Gasteiger partial charge in [0.15, 0.2) is 0 Å². The third kappa shape index (κ3) is 1.66. The zero-order valence-electron chi connectivity index (χ0n) is 9.45. The third-order valence-electron chi connectivity index (χ3n) is 2.43. The van der Waals surface area contributed by atoms with Gasteiger partial charge in [-0.2, -0.15) is 15.3 Å². The van der Waals surface area contributed by atoms with Crippen LogP contribution in [0.1, 0.15) is 5.69 Å². The smallest absolute Gasteiger partial charge is 0.274 e. The normalized spacial score (nSPS) is 10.4. The highest BCUT2D eigenvalue weighted by Gasteiger charge is 2.13. The van der Waals surface area contributed by atoms with Gasteiger partial charge in [0, 0.05) is 13.2 Å². The molecule has 0 unspecified atom stereocenters. The molecule has 0 aliphatic heterocycles. The quantitative estimate of drug-likeness (QED) is 0.729. The highest BCUT2D eigenvalue weighted by molar-refractivity contribution is 5.56. The summed E-state index contributed by atoms with van der Waals surface area (Å²) in [6.45, 7) is 0. The molecule has 88 valence electrons. The number of H-pyrrole nitrogens is 1. The number of aromatic nitrogens is 5. The van der Waals surface area contributed by atoms with Crippen molar-refractivity contribution in [3.8, 4) is 29.0 Å². The predicted octanol–water partition coefficient (Wildman–Crippen LogP) is 1.34. The van der Waals surface area contributed by atoms with E-state index < -0.39 is 0 Å². The van der Waals surface area contributed by atoms with E-state index in [1.807, 2.05) is 13.1 Å². The zero-order valence-corrected chi connectivity index (χ0v) is 9.45. The van der Waals surface area contributed by atoms with Gasteiger partial charge >= 0.3 is 0 Å². The molecule has 3 rings (SSSR count). The SMILES string of the molecule is Cn1cc(-c2noc(-c3ccc(C#N)[nH]3)n2)cn1. The van der Waals surface area contributed by atoms with Gasteiger partial charge < -0.3 is 9.51 Å². The number of hydrogen-bond acceptors (Lipinski definition) is 5. The van der Waals surface area contributed by atoms with Crippen molar-refractivity contribution in [3.05, 3.63) is 30.2 Å². The minimum absolute atomic E-state index is 0.343. The lowest BCUT2D eigenvalue weighted by Gasteiger charge is -1.85. The molecule has 0 saturated heterocycles. The molecule has 0 radical (unpaired) electrons. The van der Waals surface area contributed by atoms with Crippen molar-refractivity contribution in [2.24, 2.45) is 7.05 Å². The lowest BCUT2D eigenvalue weighted by Crippen LogP contribution is -1.84. The molecule has 0 aromatic carbocycles. The lowest BCUT2D eigenvalue weighted by molar-refractivity contribution is 0.431. The van der Waals surface area contributed by atoms with Crippen LogP contribution in [0.3, 0.4) is 0 Å². The number of rotatable bonds is 2. The molecule has 3 heterocycles. The number of aryl methyl sites for hydroxylation is 1. The first-order valence-electron chi connectivity index (χ1n) is 5.18. The summed E-state index contributed by atoms with van der Waals surface area (Å²) in [4.78, 5) is 7.11. The standard InChI is InChI=1S/C11H8N6O/c1-17-6-7(5-13-17)10-15-11(18-16-10)9-3-2-8(4-12)14-9/h2-3,5-6,14H,1H3. The summed E-state index contributed by atoms with van der Waals surface area (Å²) in [5.74, 6) is 0.807. The number of nitrogens with one attached hydrogen (secondary N) is 1. The average Bonchev–Trinajstić information content (AvgIpc) is 3.07. The van der Waals surface area contributed by atoms with Crippen LogP contribution in [-0.2, 0) is 7.05 Å². The Labute approximate surface area is 102 Å². The van der Waals surface area contributed by atoms with E-state index in [1.165, 1.54) is 0 Å². The second-order valence-electron chi connectivity index (χ2n) is 3.72. The molecule has 1 N–H and O–H groups in total. The van der Waals surface area contributed by atoms with Crippen LogP contribution in [0.15, 0.2) is 29.0 Å². The van der Waals surface area contributed by atoms with Crippen LogP contribution < -0.4 is 0 Å². The first-order chi connectivity index (χ1) is 8.76. The summed E-state index contributed by atoms with van der Waals surface area (Å²) >= 11 is 0. The van der Waals surface area contributed by atoms with Gasteiger partial charge in [-0.25, -0.2) is 0 Å². The summed E-state index contributed by atoms with van der Waals surface area (Å²) in [5.41, 5.74) is 1.85. The fraction of sp³-hybridized carbons (Fsp3) is 0.0909. The molecule has 7 heteroatoms. The minimum Gasteiger partial charge on any atom is -0.342 e. The van der Waals surface area contributed by atoms with Crippen LogP contribution in [0.2, 0.25) is 0 Å². The number of nitriles is 1. The number of aromatic amines is 1. The van der Waals surface area contributed by atoms with Gasteiger partial charge in [0.25, 0.3) is 5.89 Å². The van der Waals surface area contributed by atoms with Gasteiger partial charge in [-0.3, -0.25) is 4.68 Å². The van der Waals surface area contributed by atoms with Crippen LogP contribution in [-0.4, -0.2) is 24.9 Å². The first-order valence-corrected chi connectivity index (χ1v) is 5.18. The summed E-state index contributed by atoms with van der Waals surface area (Å²) in [6.07, 6.45) is 3.45.